The third-order valence-corrected chi connectivity index (χ3v) is 2.61. The van der Waals surface area contributed by atoms with Gasteiger partial charge in [0.1, 0.15) is 4.99 Å². The molecule has 0 aliphatic carbocycles. The fraction of sp³-hybridized carbons (Fsp3) is 0.417. The molecular weight excluding hydrogens is 261 g/mol. The van der Waals surface area contributed by atoms with E-state index in [-0.39, 0.29) is 11.4 Å². The van der Waals surface area contributed by atoms with Crippen molar-refractivity contribution in [1.82, 2.24) is 0 Å². The molecule has 0 unspecified atom stereocenters. The Bertz CT molecular complexity index is 405. The van der Waals surface area contributed by atoms with Gasteiger partial charge in [0.15, 0.2) is 0 Å². The number of hydrogen-bond acceptors (Lipinski definition) is 2. The molecule has 1 rings (SSSR count). The van der Waals surface area contributed by atoms with Crippen LogP contribution in [0.1, 0.15) is 24.8 Å². The Morgan fingerprint density at radius 1 is 1.22 bits per heavy atom. The molecule has 0 atom stereocenters. The van der Waals surface area contributed by atoms with Gasteiger partial charge in [-0.1, -0.05) is 24.4 Å². The Morgan fingerprint density at radius 3 is 2.50 bits per heavy atom. The zero-order valence-corrected chi connectivity index (χ0v) is 10.6. The summed E-state index contributed by atoms with van der Waals surface area (Å²) in [6, 6.07) is 7.21. The van der Waals surface area contributed by atoms with Crippen LogP contribution in [0.25, 0.3) is 0 Å². The fourth-order valence-electron chi connectivity index (χ4n) is 1.53. The van der Waals surface area contributed by atoms with Crippen molar-refractivity contribution in [3.63, 3.8) is 0 Å². The molecule has 0 aromatic heterocycles. The van der Waals surface area contributed by atoms with Gasteiger partial charge in [-0.2, -0.15) is 13.2 Å². The van der Waals surface area contributed by atoms with E-state index in [1.165, 1.54) is 0 Å². The van der Waals surface area contributed by atoms with Gasteiger partial charge in [0.25, 0.3) is 0 Å². The van der Waals surface area contributed by atoms with Crippen LogP contribution in [0.3, 0.4) is 0 Å². The maximum Gasteiger partial charge on any atom is 0.389 e. The number of hydrogen-bond donors (Lipinski definition) is 2. The Hall–Kier alpha value is -1.30. The van der Waals surface area contributed by atoms with Gasteiger partial charge >= 0.3 is 6.18 Å². The van der Waals surface area contributed by atoms with Crippen molar-refractivity contribution < 1.29 is 13.2 Å². The van der Waals surface area contributed by atoms with Crippen LogP contribution in [-0.2, 0) is 0 Å². The van der Waals surface area contributed by atoms with E-state index in [4.69, 9.17) is 18.0 Å². The highest BCUT2D eigenvalue weighted by Gasteiger charge is 2.25. The molecule has 0 heterocycles. The lowest BCUT2D eigenvalue weighted by Crippen LogP contribution is -2.14. The summed E-state index contributed by atoms with van der Waals surface area (Å²) in [5, 5.41) is 3.05. The second kappa shape index (κ2) is 6.58. The molecular formula is C12H15F3N2S. The molecule has 0 fully saturated rings. The van der Waals surface area contributed by atoms with E-state index in [0.717, 1.165) is 5.69 Å². The van der Waals surface area contributed by atoms with Gasteiger partial charge in [-0.05, 0) is 25.0 Å². The van der Waals surface area contributed by atoms with E-state index in [0.29, 0.717) is 18.5 Å². The minimum atomic E-state index is -4.07. The third-order valence-electron chi connectivity index (χ3n) is 2.40. The molecule has 0 saturated carbocycles. The van der Waals surface area contributed by atoms with Crippen LogP contribution in [0.4, 0.5) is 18.9 Å². The van der Waals surface area contributed by atoms with Crippen molar-refractivity contribution in [2.75, 3.05) is 11.9 Å². The lowest BCUT2D eigenvalue weighted by atomic mass is 10.1. The van der Waals surface area contributed by atoms with Gasteiger partial charge in [0.2, 0.25) is 0 Å². The Morgan fingerprint density at radius 2 is 1.89 bits per heavy atom. The van der Waals surface area contributed by atoms with E-state index in [2.05, 4.69) is 5.32 Å². The monoisotopic (exact) mass is 276 g/mol. The Balaban J connectivity index is 2.38. The van der Waals surface area contributed by atoms with Crippen molar-refractivity contribution in [2.24, 2.45) is 5.73 Å². The third kappa shape index (κ3) is 5.35. The average molecular weight is 276 g/mol. The Kier molecular flexibility index (Phi) is 5.40. The highest BCUT2D eigenvalue weighted by molar-refractivity contribution is 7.80. The number of nitrogens with two attached hydrogens (primary N) is 1. The number of nitrogens with one attached hydrogen (secondary N) is 1. The van der Waals surface area contributed by atoms with Crippen LogP contribution in [0.2, 0.25) is 0 Å². The predicted molar refractivity (Wildman–Crippen MR) is 70.7 cm³/mol. The molecule has 3 N–H and O–H groups in total. The van der Waals surface area contributed by atoms with Crippen molar-refractivity contribution >= 4 is 22.9 Å². The molecule has 0 radical (unpaired) electrons. The largest absolute Gasteiger partial charge is 0.389 e. The fourth-order valence-corrected chi connectivity index (χ4v) is 1.70. The van der Waals surface area contributed by atoms with E-state index in [1.807, 2.05) is 12.1 Å². The number of para-hydroxylation sites is 1. The molecule has 1 aromatic rings. The normalized spacial score (nSPS) is 11.3. The van der Waals surface area contributed by atoms with Gasteiger partial charge < -0.3 is 11.1 Å². The lowest BCUT2D eigenvalue weighted by Gasteiger charge is -2.11. The molecule has 100 valence electrons. The van der Waals surface area contributed by atoms with Crippen LogP contribution < -0.4 is 11.1 Å². The zero-order valence-electron chi connectivity index (χ0n) is 9.76. The number of unbranched alkanes of at least 4 members (excludes halogenated alkanes) is 1. The molecule has 18 heavy (non-hydrogen) atoms. The van der Waals surface area contributed by atoms with Crippen molar-refractivity contribution in [3.05, 3.63) is 29.8 Å². The number of alkyl halides is 3. The van der Waals surface area contributed by atoms with Crippen LogP contribution >= 0.6 is 12.2 Å². The van der Waals surface area contributed by atoms with Gasteiger partial charge in [-0.3, -0.25) is 0 Å². The second-order valence-corrected chi connectivity index (χ2v) is 4.35. The number of anilines is 1. The van der Waals surface area contributed by atoms with Gasteiger partial charge in [0, 0.05) is 24.2 Å². The lowest BCUT2D eigenvalue weighted by molar-refractivity contribution is -0.135. The van der Waals surface area contributed by atoms with Gasteiger partial charge in [-0.15, -0.1) is 0 Å². The molecule has 0 spiro atoms. The van der Waals surface area contributed by atoms with E-state index < -0.39 is 12.6 Å². The first-order chi connectivity index (χ1) is 8.40. The quantitative estimate of drug-likeness (QED) is 0.617. The number of halogens is 3. The van der Waals surface area contributed by atoms with E-state index in [1.54, 1.807) is 12.1 Å². The van der Waals surface area contributed by atoms with Gasteiger partial charge in [-0.25, -0.2) is 0 Å². The smallest absolute Gasteiger partial charge is 0.389 e. The topological polar surface area (TPSA) is 38.0 Å². The van der Waals surface area contributed by atoms with Crippen molar-refractivity contribution in [1.29, 1.82) is 0 Å². The van der Waals surface area contributed by atoms with Crippen molar-refractivity contribution in [3.8, 4) is 0 Å². The summed E-state index contributed by atoms with van der Waals surface area (Å²) in [7, 11) is 0. The summed E-state index contributed by atoms with van der Waals surface area (Å²) in [5.41, 5.74) is 7.02. The molecule has 6 heteroatoms. The van der Waals surface area contributed by atoms with Crippen LogP contribution in [-0.4, -0.2) is 17.7 Å². The summed E-state index contributed by atoms with van der Waals surface area (Å²) in [4.78, 5) is 0.272. The average Bonchev–Trinajstić information content (AvgIpc) is 2.27. The number of benzene rings is 1. The maximum absolute atomic E-state index is 11.9. The standard InChI is InChI=1S/C12H15F3N2S/c13-12(14,15)7-3-4-8-17-10-6-2-1-5-9(10)11(16)18/h1-2,5-6,17H,3-4,7-8H2,(H2,16,18). The Labute approximate surface area is 109 Å². The maximum atomic E-state index is 11.9. The minimum Gasteiger partial charge on any atom is -0.389 e. The first-order valence-electron chi connectivity index (χ1n) is 5.59. The second-order valence-electron chi connectivity index (χ2n) is 3.91. The molecule has 1 aromatic carbocycles. The minimum absolute atomic E-state index is 0.117. The van der Waals surface area contributed by atoms with E-state index in [9.17, 15) is 13.2 Å². The molecule has 0 amide bonds. The van der Waals surface area contributed by atoms with E-state index >= 15 is 0 Å². The number of thiocarbonyl (C=S) groups is 1. The highest BCUT2D eigenvalue weighted by Crippen LogP contribution is 2.22. The van der Waals surface area contributed by atoms with Crippen LogP contribution in [0, 0.1) is 0 Å². The molecule has 0 aliphatic rings. The zero-order chi connectivity index (χ0) is 13.6. The number of rotatable bonds is 6. The SMILES string of the molecule is NC(=S)c1ccccc1NCCCCC(F)(F)F. The first kappa shape index (κ1) is 14.8. The molecule has 0 bridgehead atoms. The van der Waals surface area contributed by atoms with Crippen LogP contribution in [0.15, 0.2) is 24.3 Å². The summed E-state index contributed by atoms with van der Waals surface area (Å²) in [6.07, 6.45) is -4.25. The summed E-state index contributed by atoms with van der Waals surface area (Å²) in [5.74, 6) is 0. The molecule has 2 nitrogen and oxygen atoms in total. The first-order valence-corrected chi connectivity index (χ1v) is 6.00. The van der Waals surface area contributed by atoms with Gasteiger partial charge in [0.05, 0.1) is 0 Å². The highest BCUT2D eigenvalue weighted by atomic mass is 32.1. The summed E-state index contributed by atoms with van der Waals surface area (Å²) < 4.78 is 35.8. The summed E-state index contributed by atoms with van der Waals surface area (Å²) >= 11 is 4.89. The summed E-state index contributed by atoms with van der Waals surface area (Å²) in [6.45, 7) is 0.468. The molecule has 0 aliphatic heterocycles. The predicted octanol–water partition coefficient (Wildman–Crippen LogP) is 3.47. The van der Waals surface area contributed by atoms with Crippen LogP contribution in [0.5, 0.6) is 0 Å². The van der Waals surface area contributed by atoms with Crippen molar-refractivity contribution in [2.45, 2.75) is 25.4 Å². The molecule has 0 saturated heterocycles.